The highest BCUT2D eigenvalue weighted by atomic mass is 28.4. The molecule has 0 saturated carbocycles. The van der Waals surface area contributed by atoms with Gasteiger partial charge in [0.15, 0.2) is 16.6 Å². The lowest BCUT2D eigenvalue weighted by Crippen LogP contribution is -2.43. The summed E-state index contributed by atoms with van der Waals surface area (Å²) in [5, 5.41) is 21.3. The van der Waals surface area contributed by atoms with Gasteiger partial charge in [-0.05, 0) is 86.1 Å². The molecule has 0 fully saturated rings. The van der Waals surface area contributed by atoms with Crippen LogP contribution in [0.25, 0.3) is 0 Å². The number of rotatable bonds is 16. The van der Waals surface area contributed by atoms with Crippen LogP contribution in [0.15, 0.2) is 24.3 Å². The number of aliphatic hydroxyl groups excluding tert-OH is 2. The first-order chi connectivity index (χ1) is 18.4. The average molecular weight is 595 g/mol. The Hall–Kier alpha value is -1.19. The lowest BCUT2D eigenvalue weighted by Gasteiger charge is -2.38. The summed E-state index contributed by atoms with van der Waals surface area (Å²) in [5.41, 5.74) is 1.12. The molecule has 0 unspecified atom stereocenters. The lowest BCUT2D eigenvalue weighted by atomic mass is 10.1. The SMILES string of the molecule is COc1ccc(COCCCC[C@@H](C#C[C@H](O)[C@@H](O)CCCO[Si](C)(C)C(C)(C)C)O[Si](C)(C)C(C)(C)C)cc1. The van der Waals surface area contributed by atoms with E-state index in [-0.39, 0.29) is 16.2 Å². The van der Waals surface area contributed by atoms with Gasteiger partial charge in [-0.3, -0.25) is 0 Å². The van der Waals surface area contributed by atoms with Crippen LogP contribution in [0.4, 0.5) is 0 Å². The Balaban J connectivity index is 2.62. The topological polar surface area (TPSA) is 77.4 Å². The third-order valence-corrected chi connectivity index (χ3v) is 17.4. The maximum atomic E-state index is 10.6. The summed E-state index contributed by atoms with van der Waals surface area (Å²) in [5.74, 6) is 6.90. The van der Waals surface area contributed by atoms with Crippen molar-refractivity contribution >= 4 is 16.6 Å². The zero-order chi connectivity index (χ0) is 30.6. The number of hydrogen-bond acceptors (Lipinski definition) is 6. The fraction of sp³-hybridized carbons (Fsp3) is 0.750. The highest BCUT2D eigenvalue weighted by Gasteiger charge is 2.39. The van der Waals surface area contributed by atoms with Crippen molar-refractivity contribution < 1.29 is 28.5 Å². The monoisotopic (exact) mass is 594 g/mol. The molecule has 0 amide bonds. The molecule has 8 heteroatoms. The average Bonchev–Trinajstić information content (AvgIpc) is 2.85. The van der Waals surface area contributed by atoms with Crippen LogP contribution in [-0.4, -0.2) is 65.5 Å². The van der Waals surface area contributed by atoms with E-state index < -0.39 is 28.8 Å². The first-order valence-corrected chi connectivity index (χ1v) is 20.6. The van der Waals surface area contributed by atoms with Gasteiger partial charge >= 0.3 is 0 Å². The van der Waals surface area contributed by atoms with Crippen molar-refractivity contribution in [2.24, 2.45) is 0 Å². The highest BCUT2D eigenvalue weighted by molar-refractivity contribution is 6.74. The van der Waals surface area contributed by atoms with Crippen molar-refractivity contribution in [3.8, 4) is 17.6 Å². The third-order valence-electron chi connectivity index (χ3n) is 8.35. The zero-order valence-corrected chi connectivity index (χ0v) is 29.2. The number of unbranched alkanes of at least 4 members (excludes halogenated alkanes) is 1. The van der Waals surface area contributed by atoms with E-state index in [2.05, 4.69) is 79.6 Å². The van der Waals surface area contributed by atoms with Crippen molar-refractivity contribution in [3.05, 3.63) is 29.8 Å². The predicted octanol–water partition coefficient (Wildman–Crippen LogP) is 7.30. The number of aliphatic hydroxyl groups is 2. The smallest absolute Gasteiger partial charge is 0.193 e. The second kappa shape index (κ2) is 16.5. The summed E-state index contributed by atoms with van der Waals surface area (Å²) in [6.45, 7) is 24.0. The minimum Gasteiger partial charge on any atom is -0.497 e. The van der Waals surface area contributed by atoms with Gasteiger partial charge in [0, 0.05) is 13.2 Å². The molecule has 0 bridgehead atoms. The van der Waals surface area contributed by atoms with Crippen molar-refractivity contribution in [2.45, 2.75) is 135 Å². The molecule has 6 nitrogen and oxygen atoms in total. The molecule has 0 heterocycles. The second-order valence-electron chi connectivity index (χ2n) is 13.8. The summed E-state index contributed by atoms with van der Waals surface area (Å²) >= 11 is 0. The van der Waals surface area contributed by atoms with Gasteiger partial charge in [0.25, 0.3) is 0 Å². The van der Waals surface area contributed by atoms with E-state index in [0.29, 0.717) is 32.7 Å². The fourth-order valence-corrected chi connectivity index (χ4v) is 5.74. The Kier molecular flexibility index (Phi) is 15.2. The maximum absolute atomic E-state index is 10.6. The minimum atomic E-state index is -2.05. The predicted molar refractivity (Wildman–Crippen MR) is 171 cm³/mol. The normalized spacial score (nSPS) is 15.2. The van der Waals surface area contributed by atoms with E-state index >= 15 is 0 Å². The van der Waals surface area contributed by atoms with Crippen LogP contribution in [0.3, 0.4) is 0 Å². The quantitative estimate of drug-likeness (QED) is 0.119. The van der Waals surface area contributed by atoms with Crippen LogP contribution in [0.5, 0.6) is 5.75 Å². The van der Waals surface area contributed by atoms with E-state index in [0.717, 1.165) is 30.6 Å². The van der Waals surface area contributed by atoms with Crippen LogP contribution < -0.4 is 4.74 Å². The van der Waals surface area contributed by atoms with E-state index in [1.807, 2.05) is 24.3 Å². The van der Waals surface area contributed by atoms with E-state index in [1.54, 1.807) is 7.11 Å². The molecule has 0 aliphatic heterocycles. The molecule has 0 aliphatic carbocycles. The Labute approximate surface area is 247 Å². The molecule has 0 aliphatic rings. The Morgan fingerprint density at radius 3 is 1.93 bits per heavy atom. The summed E-state index contributed by atoms with van der Waals surface area (Å²) in [6.07, 6.45) is 1.40. The molecule has 3 atom stereocenters. The number of ether oxygens (including phenoxy) is 2. The van der Waals surface area contributed by atoms with Gasteiger partial charge in [0.05, 0.1) is 19.8 Å². The molecule has 1 aromatic carbocycles. The molecule has 230 valence electrons. The van der Waals surface area contributed by atoms with Gasteiger partial charge in [-0.1, -0.05) is 65.5 Å². The van der Waals surface area contributed by atoms with Crippen molar-refractivity contribution in [1.82, 2.24) is 0 Å². The zero-order valence-electron chi connectivity index (χ0n) is 27.2. The minimum absolute atomic E-state index is 0.0523. The van der Waals surface area contributed by atoms with Gasteiger partial charge in [0.2, 0.25) is 0 Å². The first kappa shape index (κ1) is 36.8. The van der Waals surface area contributed by atoms with Gasteiger partial charge in [-0.25, -0.2) is 0 Å². The largest absolute Gasteiger partial charge is 0.497 e. The Morgan fingerprint density at radius 1 is 0.775 bits per heavy atom. The highest BCUT2D eigenvalue weighted by Crippen LogP contribution is 2.38. The Bertz CT molecular complexity index is 907. The van der Waals surface area contributed by atoms with Crippen LogP contribution in [-0.2, 0) is 20.2 Å². The van der Waals surface area contributed by atoms with Crippen molar-refractivity contribution in [2.75, 3.05) is 20.3 Å². The number of hydrogen-bond donors (Lipinski definition) is 2. The third kappa shape index (κ3) is 13.2. The van der Waals surface area contributed by atoms with Gasteiger partial charge in [-0.2, -0.15) is 0 Å². The van der Waals surface area contributed by atoms with Crippen LogP contribution in [0.1, 0.15) is 79.2 Å². The lowest BCUT2D eigenvalue weighted by molar-refractivity contribution is 0.0440. The number of methoxy groups -OCH3 is 1. The molecule has 0 radical (unpaired) electrons. The van der Waals surface area contributed by atoms with E-state index in [4.69, 9.17) is 18.3 Å². The molecule has 0 spiro atoms. The molecule has 0 aromatic heterocycles. The first-order valence-electron chi connectivity index (χ1n) is 14.8. The van der Waals surface area contributed by atoms with E-state index in [1.165, 1.54) is 0 Å². The maximum Gasteiger partial charge on any atom is 0.193 e. The summed E-state index contributed by atoms with van der Waals surface area (Å²) < 4.78 is 23.9. The van der Waals surface area contributed by atoms with Crippen LogP contribution >= 0.6 is 0 Å². The summed E-state index contributed by atoms with van der Waals surface area (Å²) in [4.78, 5) is 0. The summed E-state index contributed by atoms with van der Waals surface area (Å²) in [6, 6.07) is 7.90. The second-order valence-corrected chi connectivity index (χ2v) is 23.4. The van der Waals surface area contributed by atoms with Crippen LogP contribution in [0, 0.1) is 11.8 Å². The van der Waals surface area contributed by atoms with Gasteiger partial charge < -0.3 is 28.5 Å². The van der Waals surface area contributed by atoms with Gasteiger partial charge in [-0.15, -0.1) is 0 Å². The molecule has 0 saturated heterocycles. The van der Waals surface area contributed by atoms with Crippen molar-refractivity contribution in [1.29, 1.82) is 0 Å². The van der Waals surface area contributed by atoms with E-state index in [9.17, 15) is 10.2 Å². The molecule has 2 N–H and O–H groups in total. The standard InChI is InChI=1S/C32H58O6Si2/c1-31(2,3)39(8,9)37-24-14-16-29(33)30(34)22-21-28(38-40(10,11)32(4,5)6)15-12-13-23-36-25-26-17-19-27(35-7)20-18-26/h17-20,28-30,33-34H,12-16,23-25H2,1-11H3/t28-,29-,30-/m0/s1. The van der Waals surface area contributed by atoms with Gasteiger partial charge in [0.1, 0.15) is 18.0 Å². The molecule has 1 rings (SSSR count). The fourth-order valence-electron chi connectivity index (χ4n) is 3.41. The molecular weight excluding hydrogens is 537 g/mol. The van der Waals surface area contributed by atoms with Crippen LogP contribution in [0.2, 0.25) is 36.3 Å². The molecule has 1 aromatic rings. The number of benzene rings is 1. The molecule has 40 heavy (non-hydrogen) atoms. The van der Waals surface area contributed by atoms with Crippen molar-refractivity contribution in [3.63, 3.8) is 0 Å². The molecular formula is C32H58O6Si2. The summed E-state index contributed by atoms with van der Waals surface area (Å²) in [7, 11) is -2.21. The Morgan fingerprint density at radius 2 is 1.38 bits per heavy atom.